The molecule has 0 aliphatic heterocycles. The minimum atomic E-state index is 0.736. The molecule has 0 amide bonds. The topological polar surface area (TPSA) is 28.2 Å². The van der Waals surface area contributed by atoms with Gasteiger partial charge in [-0.1, -0.05) is 6.92 Å². The number of hydrogen-bond acceptors (Lipinski definition) is 2. The van der Waals surface area contributed by atoms with Gasteiger partial charge >= 0.3 is 0 Å². The Hall–Kier alpha value is -1.16. The van der Waals surface area contributed by atoms with Crippen LogP contribution in [0, 0.1) is 0 Å². The summed E-state index contributed by atoms with van der Waals surface area (Å²) in [5, 5.41) is 3.90. The zero-order valence-electron chi connectivity index (χ0n) is 8.53. The van der Waals surface area contributed by atoms with Gasteiger partial charge in [-0.3, -0.25) is 4.98 Å². The summed E-state index contributed by atoms with van der Waals surface area (Å²) in [4.78, 5) is 5.95. The lowest BCUT2D eigenvalue weighted by Crippen LogP contribution is -2.37. The van der Waals surface area contributed by atoms with Gasteiger partial charge in [-0.15, -0.1) is 0 Å². The quantitative estimate of drug-likeness (QED) is 0.768. The summed E-state index contributed by atoms with van der Waals surface area (Å²) in [6.07, 6.45) is 4.61. The van der Waals surface area contributed by atoms with E-state index in [2.05, 4.69) is 17.2 Å². The van der Waals surface area contributed by atoms with Crippen molar-refractivity contribution in [3.05, 3.63) is 24.5 Å². The van der Waals surface area contributed by atoms with E-state index in [-0.39, 0.29) is 0 Å². The molecule has 0 aromatic carbocycles. The molecule has 0 fully saturated rings. The van der Waals surface area contributed by atoms with Crippen LogP contribution in [0.1, 0.15) is 13.3 Å². The molecule has 0 radical (unpaired) electrons. The predicted molar refractivity (Wildman–Crippen MR) is 63.5 cm³/mol. The second-order valence-corrected chi connectivity index (χ2v) is 3.39. The highest BCUT2D eigenvalue weighted by Gasteiger charge is 2.04. The number of hydrogen-bond donors (Lipinski definition) is 1. The van der Waals surface area contributed by atoms with Crippen LogP contribution in [0.4, 0.5) is 5.69 Å². The highest BCUT2D eigenvalue weighted by atomic mass is 32.1. The number of nitrogens with one attached hydrogen (secondary N) is 1. The molecular weight excluding hydrogens is 194 g/mol. The van der Waals surface area contributed by atoms with Gasteiger partial charge in [0.05, 0.1) is 11.9 Å². The molecule has 0 aliphatic rings. The number of rotatable bonds is 3. The first-order valence-electron chi connectivity index (χ1n) is 4.67. The van der Waals surface area contributed by atoms with Crippen molar-refractivity contribution in [1.29, 1.82) is 0 Å². The zero-order chi connectivity index (χ0) is 10.4. The van der Waals surface area contributed by atoms with Crippen LogP contribution in [0.15, 0.2) is 24.5 Å². The van der Waals surface area contributed by atoms with Gasteiger partial charge in [0.1, 0.15) is 0 Å². The molecule has 0 unspecified atom stereocenters. The third-order valence-corrected chi connectivity index (χ3v) is 2.28. The Morgan fingerprint density at radius 1 is 1.64 bits per heavy atom. The number of thiocarbonyl (C=S) groups is 1. The van der Waals surface area contributed by atoms with Crippen molar-refractivity contribution >= 4 is 23.0 Å². The molecule has 3 nitrogen and oxygen atoms in total. The minimum Gasteiger partial charge on any atom is -0.362 e. The molecule has 0 atom stereocenters. The van der Waals surface area contributed by atoms with Crippen LogP contribution in [0.5, 0.6) is 0 Å². The largest absolute Gasteiger partial charge is 0.362 e. The van der Waals surface area contributed by atoms with E-state index in [0.29, 0.717) is 0 Å². The second kappa shape index (κ2) is 5.54. The second-order valence-electron chi connectivity index (χ2n) is 3.00. The van der Waals surface area contributed by atoms with Crippen LogP contribution >= 0.6 is 12.2 Å². The van der Waals surface area contributed by atoms with Gasteiger partial charge in [0.25, 0.3) is 0 Å². The van der Waals surface area contributed by atoms with E-state index < -0.39 is 0 Å². The Morgan fingerprint density at radius 3 is 3.00 bits per heavy atom. The fourth-order valence-corrected chi connectivity index (χ4v) is 1.23. The lowest BCUT2D eigenvalue weighted by atomic mass is 10.4. The van der Waals surface area contributed by atoms with Crippen LogP contribution in [0.25, 0.3) is 0 Å². The highest BCUT2D eigenvalue weighted by Crippen LogP contribution is 2.08. The Morgan fingerprint density at radius 2 is 2.43 bits per heavy atom. The lowest BCUT2D eigenvalue weighted by Gasteiger charge is -2.20. The smallest absolute Gasteiger partial charge is 0.173 e. The molecule has 0 saturated carbocycles. The van der Waals surface area contributed by atoms with Crippen molar-refractivity contribution in [2.45, 2.75) is 13.3 Å². The summed E-state index contributed by atoms with van der Waals surface area (Å²) in [5.74, 6) is 0. The summed E-state index contributed by atoms with van der Waals surface area (Å²) >= 11 is 5.21. The zero-order valence-corrected chi connectivity index (χ0v) is 9.34. The molecule has 0 bridgehead atoms. The first-order valence-corrected chi connectivity index (χ1v) is 5.08. The lowest BCUT2D eigenvalue weighted by molar-refractivity contribution is 0.837. The van der Waals surface area contributed by atoms with E-state index in [0.717, 1.165) is 23.8 Å². The SMILES string of the molecule is CCCNC(=S)N(C)c1cccnc1. The molecular formula is C10H15N3S. The maximum Gasteiger partial charge on any atom is 0.173 e. The average Bonchev–Trinajstić information content (AvgIpc) is 2.26. The van der Waals surface area contributed by atoms with Crippen molar-refractivity contribution in [2.24, 2.45) is 0 Å². The van der Waals surface area contributed by atoms with Crippen LogP contribution in [-0.2, 0) is 0 Å². The van der Waals surface area contributed by atoms with Crippen molar-refractivity contribution in [3.63, 3.8) is 0 Å². The van der Waals surface area contributed by atoms with Gasteiger partial charge in [0.2, 0.25) is 0 Å². The van der Waals surface area contributed by atoms with Gasteiger partial charge in [-0.05, 0) is 30.8 Å². The van der Waals surface area contributed by atoms with Crippen LogP contribution in [-0.4, -0.2) is 23.7 Å². The molecule has 1 rings (SSSR count). The molecule has 1 aromatic heterocycles. The Balaban J connectivity index is 2.57. The van der Waals surface area contributed by atoms with E-state index in [1.54, 1.807) is 12.4 Å². The molecule has 1 aromatic rings. The molecule has 1 heterocycles. The summed E-state index contributed by atoms with van der Waals surface area (Å²) in [5.41, 5.74) is 1.00. The van der Waals surface area contributed by atoms with E-state index in [1.165, 1.54) is 0 Å². The molecule has 76 valence electrons. The molecule has 1 N–H and O–H groups in total. The van der Waals surface area contributed by atoms with Gasteiger partial charge in [-0.25, -0.2) is 0 Å². The Labute approximate surface area is 90.1 Å². The van der Waals surface area contributed by atoms with Gasteiger partial charge in [0, 0.05) is 19.8 Å². The molecule has 14 heavy (non-hydrogen) atoms. The third-order valence-electron chi connectivity index (χ3n) is 1.86. The fraction of sp³-hybridized carbons (Fsp3) is 0.400. The Kier molecular flexibility index (Phi) is 4.32. The van der Waals surface area contributed by atoms with Crippen molar-refractivity contribution < 1.29 is 0 Å². The maximum absolute atomic E-state index is 5.21. The minimum absolute atomic E-state index is 0.736. The van der Waals surface area contributed by atoms with Crippen LogP contribution in [0.3, 0.4) is 0 Å². The highest BCUT2D eigenvalue weighted by molar-refractivity contribution is 7.80. The summed E-state index contributed by atoms with van der Waals surface area (Å²) in [6, 6.07) is 3.88. The normalized spacial score (nSPS) is 9.57. The predicted octanol–water partition coefficient (Wildman–Crippen LogP) is 1.80. The van der Waals surface area contributed by atoms with Crippen LogP contribution in [0.2, 0.25) is 0 Å². The molecule has 0 spiro atoms. The first-order chi connectivity index (χ1) is 6.75. The maximum atomic E-state index is 5.21. The monoisotopic (exact) mass is 209 g/mol. The number of anilines is 1. The van der Waals surface area contributed by atoms with Crippen molar-refractivity contribution in [2.75, 3.05) is 18.5 Å². The number of aromatic nitrogens is 1. The molecule has 0 saturated heterocycles. The fourth-order valence-electron chi connectivity index (χ4n) is 1.02. The van der Waals surface area contributed by atoms with Crippen molar-refractivity contribution in [1.82, 2.24) is 10.3 Å². The van der Waals surface area contributed by atoms with E-state index >= 15 is 0 Å². The summed E-state index contributed by atoms with van der Waals surface area (Å²) in [6.45, 7) is 3.02. The summed E-state index contributed by atoms with van der Waals surface area (Å²) in [7, 11) is 1.93. The standard InChI is InChI=1S/C10H15N3S/c1-3-6-12-10(14)13(2)9-5-4-7-11-8-9/h4-5,7-8H,3,6H2,1-2H3,(H,12,14). The Bertz CT molecular complexity index is 287. The van der Waals surface area contributed by atoms with E-state index in [1.807, 2.05) is 24.1 Å². The van der Waals surface area contributed by atoms with Gasteiger partial charge < -0.3 is 10.2 Å². The van der Waals surface area contributed by atoms with E-state index in [4.69, 9.17) is 12.2 Å². The third kappa shape index (κ3) is 2.96. The molecule has 0 aliphatic carbocycles. The van der Waals surface area contributed by atoms with Crippen molar-refractivity contribution in [3.8, 4) is 0 Å². The van der Waals surface area contributed by atoms with Gasteiger partial charge in [0.15, 0.2) is 5.11 Å². The molecule has 4 heteroatoms. The van der Waals surface area contributed by atoms with E-state index in [9.17, 15) is 0 Å². The number of nitrogens with zero attached hydrogens (tertiary/aromatic N) is 2. The number of pyridine rings is 1. The first kappa shape index (κ1) is 10.9. The van der Waals surface area contributed by atoms with Gasteiger partial charge in [-0.2, -0.15) is 0 Å². The average molecular weight is 209 g/mol. The van der Waals surface area contributed by atoms with Crippen LogP contribution < -0.4 is 10.2 Å². The summed E-state index contributed by atoms with van der Waals surface area (Å²) < 4.78 is 0.